The lowest BCUT2D eigenvalue weighted by atomic mass is 9.89. The molecule has 2 fully saturated rings. The van der Waals surface area contributed by atoms with E-state index in [9.17, 15) is 0 Å². The summed E-state index contributed by atoms with van der Waals surface area (Å²) in [4.78, 5) is 4.04. The largest absolute Gasteiger partial charge is 0.438 e. The van der Waals surface area contributed by atoms with Crippen LogP contribution in [-0.2, 0) is 0 Å². The fourth-order valence-electron chi connectivity index (χ4n) is 3.53. The van der Waals surface area contributed by atoms with Crippen LogP contribution in [0.15, 0.2) is 15.2 Å². The van der Waals surface area contributed by atoms with Gasteiger partial charge in [0.15, 0.2) is 6.39 Å². The zero-order valence-electron chi connectivity index (χ0n) is 10.3. The van der Waals surface area contributed by atoms with Crippen molar-refractivity contribution in [2.24, 2.45) is 11.8 Å². The molecular formula is C13H15N3O2. The quantitative estimate of drug-likeness (QED) is 0.813. The van der Waals surface area contributed by atoms with Crippen molar-refractivity contribution in [1.82, 2.24) is 15.2 Å². The molecule has 0 amide bonds. The van der Waals surface area contributed by atoms with E-state index in [0.29, 0.717) is 17.6 Å². The monoisotopic (exact) mass is 245 g/mol. The number of hydrogen-bond donors (Lipinski definition) is 0. The molecule has 2 aliphatic carbocycles. The Morgan fingerprint density at radius 3 is 2.83 bits per heavy atom. The molecule has 3 atom stereocenters. The van der Waals surface area contributed by atoms with Crippen LogP contribution in [0.4, 0.5) is 0 Å². The average Bonchev–Trinajstić information content (AvgIpc) is 3.12. The van der Waals surface area contributed by atoms with Gasteiger partial charge in [-0.3, -0.25) is 0 Å². The fourth-order valence-corrected chi connectivity index (χ4v) is 3.53. The summed E-state index contributed by atoms with van der Waals surface area (Å²) in [7, 11) is 0. The Morgan fingerprint density at radius 2 is 2.17 bits per heavy atom. The molecule has 2 saturated carbocycles. The fraction of sp³-hybridized carbons (Fsp3) is 0.615. The van der Waals surface area contributed by atoms with Gasteiger partial charge in [0, 0.05) is 5.92 Å². The first-order valence-electron chi connectivity index (χ1n) is 6.55. The van der Waals surface area contributed by atoms with E-state index in [0.717, 1.165) is 23.4 Å². The topological polar surface area (TPSA) is 65.0 Å². The van der Waals surface area contributed by atoms with E-state index >= 15 is 0 Å². The van der Waals surface area contributed by atoms with Gasteiger partial charge >= 0.3 is 0 Å². The maximum Gasteiger partial charge on any atom is 0.285 e. The van der Waals surface area contributed by atoms with E-state index in [4.69, 9.17) is 8.83 Å². The van der Waals surface area contributed by atoms with Gasteiger partial charge in [-0.15, -0.1) is 10.2 Å². The van der Waals surface area contributed by atoms with Gasteiger partial charge in [-0.05, 0) is 38.0 Å². The van der Waals surface area contributed by atoms with Crippen molar-refractivity contribution < 1.29 is 8.83 Å². The van der Waals surface area contributed by atoms with Crippen molar-refractivity contribution in [1.29, 1.82) is 0 Å². The van der Waals surface area contributed by atoms with Gasteiger partial charge in [-0.1, -0.05) is 6.42 Å². The Balaban J connectivity index is 1.65. The van der Waals surface area contributed by atoms with Gasteiger partial charge in [0.05, 0.1) is 5.69 Å². The van der Waals surface area contributed by atoms with Crippen LogP contribution in [0.1, 0.15) is 43.2 Å². The van der Waals surface area contributed by atoms with E-state index in [1.54, 1.807) is 0 Å². The average molecular weight is 245 g/mol. The van der Waals surface area contributed by atoms with Crippen LogP contribution in [0.5, 0.6) is 0 Å². The minimum Gasteiger partial charge on any atom is -0.438 e. The summed E-state index contributed by atoms with van der Waals surface area (Å²) < 4.78 is 11.1. The van der Waals surface area contributed by atoms with E-state index < -0.39 is 0 Å². The molecule has 0 aliphatic heterocycles. The lowest BCUT2D eigenvalue weighted by molar-refractivity contribution is 0.346. The summed E-state index contributed by atoms with van der Waals surface area (Å²) in [5, 5.41) is 8.31. The third-order valence-corrected chi connectivity index (χ3v) is 4.44. The minimum atomic E-state index is 0.461. The Labute approximate surface area is 105 Å². The van der Waals surface area contributed by atoms with Crippen molar-refractivity contribution in [3.05, 3.63) is 18.0 Å². The molecule has 0 aromatic carbocycles. The lowest BCUT2D eigenvalue weighted by Gasteiger charge is -2.17. The Morgan fingerprint density at radius 1 is 1.22 bits per heavy atom. The van der Waals surface area contributed by atoms with Crippen molar-refractivity contribution in [3.63, 3.8) is 0 Å². The van der Waals surface area contributed by atoms with Crippen LogP contribution in [-0.4, -0.2) is 15.2 Å². The van der Waals surface area contributed by atoms with Gasteiger partial charge < -0.3 is 8.83 Å². The van der Waals surface area contributed by atoms with Crippen molar-refractivity contribution in [2.75, 3.05) is 0 Å². The molecule has 2 bridgehead atoms. The van der Waals surface area contributed by atoms with Crippen molar-refractivity contribution >= 4 is 0 Å². The number of aromatic nitrogens is 3. The lowest BCUT2D eigenvalue weighted by Crippen LogP contribution is -2.08. The molecular weight excluding hydrogens is 230 g/mol. The van der Waals surface area contributed by atoms with E-state index in [1.165, 1.54) is 32.1 Å². The second kappa shape index (κ2) is 3.67. The van der Waals surface area contributed by atoms with Crippen LogP contribution in [0.25, 0.3) is 11.7 Å². The number of hydrogen-bond acceptors (Lipinski definition) is 5. The summed E-state index contributed by atoms with van der Waals surface area (Å²) in [5.41, 5.74) is 0.790. The molecule has 2 aliphatic rings. The number of aryl methyl sites for hydroxylation is 1. The maximum absolute atomic E-state index is 5.79. The van der Waals surface area contributed by atoms with Gasteiger partial charge in [0.1, 0.15) is 0 Å². The first kappa shape index (κ1) is 10.3. The summed E-state index contributed by atoms with van der Waals surface area (Å²) in [6, 6.07) is 0. The second-order valence-corrected chi connectivity index (χ2v) is 5.49. The number of fused-ring (bicyclic) bond motifs is 2. The zero-order chi connectivity index (χ0) is 12.1. The number of oxazole rings is 1. The van der Waals surface area contributed by atoms with Crippen LogP contribution in [0, 0.1) is 18.8 Å². The van der Waals surface area contributed by atoms with Gasteiger partial charge in [-0.25, -0.2) is 4.98 Å². The van der Waals surface area contributed by atoms with Crippen LogP contribution in [0.3, 0.4) is 0 Å². The molecule has 4 rings (SSSR count). The van der Waals surface area contributed by atoms with Crippen molar-refractivity contribution in [2.45, 2.75) is 38.5 Å². The highest BCUT2D eigenvalue weighted by atomic mass is 16.4. The van der Waals surface area contributed by atoms with Gasteiger partial charge in [0.2, 0.25) is 11.7 Å². The highest BCUT2D eigenvalue weighted by Gasteiger charge is 2.42. The molecule has 2 aromatic heterocycles. The third-order valence-electron chi connectivity index (χ3n) is 4.44. The normalized spacial score (nSPS) is 30.2. The maximum atomic E-state index is 5.79. The summed E-state index contributed by atoms with van der Waals surface area (Å²) in [6.45, 7) is 1.88. The zero-order valence-corrected chi connectivity index (χ0v) is 10.3. The van der Waals surface area contributed by atoms with E-state index in [2.05, 4.69) is 15.2 Å². The van der Waals surface area contributed by atoms with Crippen LogP contribution in [0.2, 0.25) is 0 Å². The molecule has 18 heavy (non-hydrogen) atoms. The van der Waals surface area contributed by atoms with Crippen LogP contribution < -0.4 is 0 Å². The van der Waals surface area contributed by atoms with Gasteiger partial charge in [0.25, 0.3) is 5.89 Å². The molecule has 2 aromatic rings. The predicted molar refractivity (Wildman–Crippen MR) is 62.7 cm³/mol. The highest BCUT2D eigenvalue weighted by Crippen LogP contribution is 2.52. The number of rotatable bonds is 2. The van der Waals surface area contributed by atoms with E-state index in [-0.39, 0.29) is 0 Å². The van der Waals surface area contributed by atoms with Crippen LogP contribution >= 0.6 is 0 Å². The predicted octanol–water partition coefficient (Wildman–Crippen LogP) is 2.94. The summed E-state index contributed by atoms with van der Waals surface area (Å²) in [6.07, 6.45) is 6.65. The molecule has 0 saturated heterocycles. The first-order chi connectivity index (χ1) is 8.81. The molecule has 5 nitrogen and oxygen atoms in total. The smallest absolute Gasteiger partial charge is 0.285 e. The van der Waals surface area contributed by atoms with Gasteiger partial charge in [-0.2, -0.15) is 0 Å². The Kier molecular flexibility index (Phi) is 2.10. The molecule has 3 unspecified atom stereocenters. The van der Waals surface area contributed by atoms with Crippen molar-refractivity contribution in [3.8, 4) is 11.7 Å². The standard InChI is InChI=1S/C13H15N3O2/c1-7-11(17-6-14-7)13-16-15-12(18-13)10-5-8-2-3-9(10)4-8/h6,8-10H,2-5H2,1H3. The SMILES string of the molecule is Cc1ncoc1-c1nnc(C2CC3CCC2C3)o1. The second-order valence-electron chi connectivity index (χ2n) is 5.49. The molecule has 94 valence electrons. The summed E-state index contributed by atoms with van der Waals surface area (Å²) >= 11 is 0. The molecule has 2 heterocycles. The minimum absolute atomic E-state index is 0.461. The Bertz CT molecular complexity index is 574. The third kappa shape index (κ3) is 1.43. The van der Waals surface area contributed by atoms with E-state index in [1.807, 2.05) is 6.92 Å². The first-order valence-corrected chi connectivity index (χ1v) is 6.55. The molecule has 0 radical (unpaired) electrons. The molecule has 0 spiro atoms. The molecule has 5 heteroatoms. The highest BCUT2D eigenvalue weighted by molar-refractivity contribution is 5.46. The Hall–Kier alpha value is -1.65. The molecule has 0 N–H and O–H groups in total. The summed E-state index contributed by atoms with van der Waals surface area (Å²) in [5.74, 6) is 3.93. The number of nitrogens with zero attached hydrogens (tertiary/aromatic N) is 3.